The molecular formula is C18H15BrN2OS. The molecule has 23 heavy (non-hydrogen) atoms. The lowest BCUT2D eigenvalue weighted by molar-refractivity contribution is 0.0997. The van der Waals surface area contributed by atoms with E-state index in [4.69, 9.17) is 0 Å². The van der Waals surface area contributed by atoms with Gasteiger partial charge in [-0.25, -0.2) is 0 Å². The second kappa shape index (κ2) is 6.64. The van der Waals surface area contributed by atoms with Gasteiger partial charge in [-0.3, -0.25) is 4.79 Å². The maximum absolute atomic E-state index is 12.5. The molecule has 3 nitrogen and oxygen atoms in total. The van der Waals surface area contributed by atoms with Crippen LogP contribution in [0.4, 0.5) is 0 Å². The summed E-state index contributed by atoms with van der Waals surface area (Å²) in [7, 11) is 0. The topological polar surface area (TPSA) is 34.4 Å². The molecule has 0 aliphatic carbocycles. The number of thiazole rings is 1. The molecule has 0 atom stereocenters. The molecule has 0 radical (unpaired) electrons. The van der Waals surface area contributed by atoms with Crippen molar-refractivity contribution >= 4 is 43.4 Å². The molecule has 0 saturated heterocycles. The summed E-state index contributed by atoms with van der Waals surface area (Å²) in [4.78, 5) is 17.6. The van der Waals surface area contributed by atoms with E-state index in [1.165, 1.54) is 11.3 Å². The van der Waals surface area contributed by atoms with Gasteiger partial charge in [0, 0.05) is 16.6 Å². The first-order chi connectivity index (χ1) is 11.1. The van der Waals surface area contributed by atoms with Crippen LogP contribution < -0.4 is 4.80 Å². The average Bonchev–Trinajstić information content (AvgIpc) is 2.84. The van der Waals surface area contributed by atoms with E-state index in [-0.39, 0.29) is 5.91 Å². The highest BCUT2D eigenvalue weighted by molar-refractivity contribution is 9.10. The normalized spacial score (nSPS) is 11.8. The van der Waals surface area contributed by atoms with Crippen LogP contribution in [0, 0.1) is 6.92 Å². The van der Waals surface area contributed by atoms with Gasteiger partial charge in [0.05, 0.1) is 10.2 Å². The van der Waals surface area contributed by atoms with E-state index in [9.17, 15) is 4.79 Å². The molecule has 0 N–H and O–H groups in total. The molecule has 0 unspecified atom stereocenters. The van der Waals surface area contributed by atoms with Crippen LogP contribution in [0.1, 0.15) is 15.9 Å². The largest absolute Gasteiger partial charge is 0.312 e. The summed E-state index contributed by atoms with van der Waals surface area (Å²) < 4.78 is 4.10. The Labute approximate surface area is 146 Å². The van der Waals surface area contributed by atoms with E-state index >= 15 is 0 Å². The minimum absolute atomic E-state index is 0.216. The number of amides is 1. The minimum atomic E-state index is -0.216. The number of fused-ring (bicyclic) bond motifs is 1. The molecule has 0 fully saturated rings. The molecule has 0 saturated carbocycles. The Kier molecular flexibility index (Phi) is 4.59. The monoisotopic (exact) mass is 386 g/mol. The van der Waals surface area contributed by atoms with Crippen LogP contribution >= 0.6 is 27.3 Å². The Morgan fingerprint density at radius 1 is 1.35 bits per heavy atom. The number of aryl methyl sites for hydroxylation is 1. The second-order valence-corrected chi connectivity index (χ2v) is 7.05. The van der Waals surface area contributed by atoms with Gasteiger partial charge in [0.1, 0.15) is 0 Å². The first kappa shape index (κ1) is 15.9. The van der Waals surface area contributed by atoms with Crippen molar-refractivity contribution in [2.45, 2.75) is 13.5 Å². The predicted octanol–water partition coefficient (Wildman–Crippen LogP) is 4.70. The molecular weight excluding hydrogens is 372 g/mol. The summed E-state index contributed by atoms with van der Waals surface area (Å²) in [5.41, 5.74) is 2.62. The summed E-state index contributed by atoms with van der Waals surface area (Å²) >= 11 is 4.99. The maximum Gasteiger partial charge on any atom is 0.279 e. The van der Waals surface area contributed by atoms with Crippen LogP contribution in [-0.4, -0.2) is 10.5 Å². The molecule has 0 bridgehead atoms. The second-order valence-electron chi connectivity index (χ2n) is 5.13. The lowest BCUT2D eigenvalue weighted by Gasteiger charge is -2.02. The molecule has 1 heterocycles. The maximum atomic E-state index is 12.5. The third-order valence-corrected chi connectivity index (χ3v) is 5.06. The minimum Gasteiger partial charge on any atom is -0.312 e. The van der Waals surface area contributed by atoms with E-state index in [1.807, 2.05) is 60.0 Å². The predicted molar refractivity (Wildman–Crippen MR) is 98.8 cm³/mol. The van der Waals surface area contributed by atoms with Crippen LogP contribution in [0.3, 0.4) is 0 Å². The zero-order valence-corrected chi connectivity index (χ0v) is 15.0. The Morgan fingerprint density at radius 2 is 2.13 bits per heavy atom. The highest BCUT2D eigenvalue weighted by atomic mass is 79.9. The van der Waals surface area contributed by atoms with Crippen molar-refractivity contribution in [3.8, 4) is 0 Å². The summed E-state index contributed by atoms with van der Waals surface area (Å²) in [6.45, 7) is 6.33. The first-order valence-electron chi connectivity index (χ1n) is 7.14. The fraction of sp³-hybridized carbons (Fsp3) is 0.111. The zero-order chi connectivity index (χ0) is 16.4. The third kappa shape index (κ3) is 3.21. The van der Waals surface area contributed by atoms with Crippen LogP contribution in [0.2, 0.25) is 0 Å². The van der Waals surface area contributed by atoms with Crippen molar-refractivity contribution in [3.05, 3.63) is 75.5 Å². The lowest BCUT2D eigenvalue weighted by Crippen LogP contribution is -2.16. The number of halogens is 1. The van der Waals surface area contributed by atoms with E-state index in [1.54, 1.807) is 0 Å². The molecule has 1 amide bonds. The SMILES string of the molecule is C=CCn1c(=NC(=O)c2ccccc2C)sc2cc(Br)ccc21. The van der Waals surface area contributed by atoms with Crippen LogP contribution in [0.5, 0.6) is 0 Å². The lowest BCUT2D eigenvalue weighted by atomic mass is 10.1. The fourth-order valence-electron chi connectivity index (χ4n) is 2.40. The van der Waals surface area contributed by atoms with Gasteiger partial charge < -0.3 is 4.57 Å². The smallest absolute Gasteiger partial charge is 0.279 e. The van der Waals surface area contributed by atoms with E-state index in [2.05, 4.69) is 27.5 Å². The molecule has 2 aromatic carbocycles. The standard InChI is InChI=1S/C18H15BrN2OS/c1-3-10-21-15-9-8-13(19)11-16(15)23-18(21)20-17(22)14-7-5-4-6-12(14)2/h3-9,11H,1,10H2,2H3. The number of carbonyl (C=O) groups is 1. The summed E-state index contributed by atoms with van der Waals surface area (Å²) in [5, 5.41) is 0. The van der Waals surface area contributed by atoms with Crippen molar-refractivity contribution in [1.29, 1.82) is 0 Å². The molecule has 1 aromatic heterocycles. The van der Waals surface area contributed by atoms with Crippen molar-refractivity contribution in [2.75, 3.05) is 0 Å². The number of hydrogen-bond acceptors (Lipinski definition) is 2. The van der Waals surface area contributed by atoms with Gasteiger partial charge >= 0.3 is 0 Å². The number of benzene rings is 2. The van der Waals surface area contributed by atoms with E-state index < -0.39 is 0 Å². The van der Waals surface area contributed by atoms with E-state index in [0.29, 0.717) is 16.9 Å². The Hall–Kier alpha value is -1.98. The zero-order valence-electron chi connectivity index (χ0n) is 12.6. The van der Waals surface area contributed by atoms with Gasteiger partial charge in [0.15, 0.2) is 4.80 Å². The van der Waals surface area contributed by atoms with Gasteiger partial charge in [0.2, 0.25) is 0 Å². The highest BCUT2D eigenvalue weighted by Crippen LogP contribution is 2.22. The summed E-state index contributed by atoms with van der Waals surface area (Å²) in [6.07, 6.45) is 1.81. The van der Waals surface area contributed by atoms with Crippen molar-refractivity contribution in [2.24, 2.45) is 4.99 Å². The van der Waals surface area contributed by atoms with Gasteiger partial charge in [-0.2, -0.15) is 4.99 Å². The summed E-state index contributed by atoms with van der Waals surface area (Å²) in [5.74, 6) is -0.216. The molecule has 0 aliphatic heterocycles. The Balaban J connectivity index is 2.18. The number of hydrogen-bond donors (Lipinski definition) is 0. The van der Waals surface area contributed by atoms with Crippen molar-refractivity contribution in [3.63, 3.8) is 0 Å². The third-order valence-electron chi connectivity index (χ3n) is 3.53. The Morgan fingerprint density at radius 3 is 2.87 bits per heavy atom. The molecule has 0 spiro atoms. The molecule has 3 aromatic rings. The Bertz CT molecular complexity index is 969. The number of nitrogens with zero attached hydrogens (tertiary/aromatic N) is 2. The number of aromatic nitrogens is 1. The van der Waals surface area contributed by atoms with Crippen molar-refractivity contribution < 1.29 is 4.79 Å². The fourth-order valence-corrected chi connectivity index (χ4v) is 3.99. The van der Waals surface area contributed by atoms with Crippen LogP contribution in [0.15, 0.2) is 64.6 Å². The number of carbonyl (C=O) groups excluding carboxylic acids is 1. The molecule has 116 valence electrons. The quantitative estimate of drug-likeness (QED) is 0.600. The van der Waals surface area contributed by atoms with Crippen LogP contribution in [0.25, 0.3) is 10.2 Å². The van der Waals surface area contributed by atoms with Crippen molar-refractivity contribution in [1.82, 2.24) is 4.57 Å². The van der Waals surface area contributed by atoms with Gasteiger partial charge in [0.25, 0.3) is 5.91 Å². The van der Waals surface area contributed by atoms with Gasteiger partial charge in [-0.15, -0.1) is 6.58 Å². The molecule has 3 rings (SSSR count). The van der Waals surface area contributed by atoms with Gasteiger partial charge in [-0.1, -0.05) is 51.5 Å². The number of allylic oxidation sites excluding steroid dienone is 1. The van der Waals surface area contributed by atoms with Crippen LogP contribution in [-0.2, 0) is 6.54 Å². The van der Waals surface area contributed by atoms with E-state index in [0.717, 1.165) is 20.3 Å². The van der Waals surface area contributed by atoms with Gasteiger partial charge in [-0.05, 0) is 36.8 Å². The number of rotatable bonds is 3. The average molecular weight is 387 g/mol. The highest BCUT2D eigenvalue weighted by Gasteiger charge is 2.10. The summed E-state index contributed by atoms with van der Waals surface area (Å²) in [6, 6.07) is 13.6. The molecule has 5 heteroatoms. The molecule has 0 aliphatic rings. The first-order valence-corrected chi connectivity index (χ1v) is 8.75.